The lowest BCUT2D eigenvalue weighted by molar-refractivity contribution is -0.113. The van der Waals surface area contributed by atoms with Gasteiger partial charge in [0.05, 0.1) is 21.7 Å². The van der Waals surface area contributed by atoms with Gasteiger partial charge in [0.2, 0.25) is 5.91 Å². The van der Waals surface area contributed by atoms with E-state index in [1.165, 1.54) is 72.5 Å². The van der Waals surface area contributed by atoms with Crippen LogP contribution in [0.1, 0.15) is 59.8 Å². The molecule has 45 heavy (non-hydrogen) atoms. The summed E-state index contributed by atoms with van der Waals surface area (Å²) in [4.78, 5) is 29.9. The highest BCUT2D eigenvalue weighted by atomic mass is 79.9. The molecule has 0 unspecified atom stereocenters. The Balaban J connectivity index is 0.971. The number of hydrogen-bond donors (Lipinski definition) is 1. The Kier molecular flexibility index (Phi) is 10.5. The number of nitrogens with one attached hydrogen (secondary N) is 1. The molecule has 12 heteroatoms. The Morgan fingerprint density at radius 3 is 2.53 bits per heavy atom. The Morgan fingerprint density at radius 1 is 0.978 bits per heavy atom. The van der Waals surface area contributed by atoms with E-state index < -0.39 is 0 Å². The van der Waals surface area contributed by atoms with Crippen LogP contribution in [0.2, 0.25) is 0 Å². The number of amides is 1. The van der Waals surface area contributed by atoms with Crippen molar-refractivity contribution in [2.75, 3.05) is 16.8 Å². The lowest BCUT2D eigenvalue weighted by atomic mass is 9.84. The van der Waals surface area contributed by atoms with E-state index in [4.69, 9.17) is 4.74 Å². The molecule has 1 N–H and O–H groups in total. The minimum atomic E-state index is -0.141. The van der Waals surface area contributed by atoms with Crippen LogP contribution < -0.4 is 10.1 Å². The number of carbonyl (C=O) groups excluding carboxylic acids is 2. The summed E-state index contributed by atoms with van der Waals surface area (Å²) in [6.45, 7) is 0.298. The average Bonchev–Trinajstić information content (AvgIpc) is 3.64. The van der Waals surface area contributed by atoms with Crippen LogP contribution in [-0.2, 0) is 18.4 Å². The number of rotatable bonds is 12. The van der Waals surface area contributed by atoms with E-state index in [2.05, 4.69) is 48.6 Å². The number of fused-ring (bicyclic) bond motifs is 1. The van der Waals surface area contributed by atoms with Gasteiger partial charge in [-0.2, -0.15) is 0 Å². The molecule has 0 radical (unpaired) electrons. The molecule has 0 spiro atoms. The number of thiazole rings is 1. The molecule has 5 aromatic rings. The van der Waals surface area contributed by atoms with Crippen molar-refractivity contribution in [1.29, 1.82) is 0 Å². The molecule has 1 fully saturated rings. The van der Waals surface area contributed by atoms with Crippen LogP contribution in [0.3, 0.4) is 0 Å². The maximum Gasteiger partial charge on any atom is 0.234 e. The lowest BCUT2D eigenvalue weighted by Gasteiger charge is -2.22. The first-order valence-electron chi connectivity index (χ1n) is 14.8. The van der Waals surface area contributed by atoms with Crippen molar-refractivity contribution in [3.8, 4) is 5.75 Å². The molecule has 1 aliphatic rings. The van der Waals surface area contributed by atoms with Crippen molar-refractivity contribution in [2.24, 2.45) is 7.05 Å². The SMILES string of the molecule is Cn1c(COc2ccc(C3CCCCC3)cc2)nnc1SCC(=O)Nc1ccc2nc(SCC(=O)c3ccc(Br)cc3)sc2c1. The molecular formula is C33H32BrN5O3S3. The van der Waals surface area contributed by atoms with Crippen molar-refractivity contribution in [2.45, 2.75) is 54.1 Å². The molecule has 0 atom stereocenters. The second-order valence-electron chi connectivity index (χ2n) is 10.9. The smallest absolute Gasteiger partial charge is 0.234 e. The highest BCUT2D eigenvalue weighted by Gasteiger charge is 2.16. The zero-order valence-corrected chi connectivity index (χ0v) is 28.7. The summed E-state index contributed by atoms with van der Waals surface area (Å²) < 4.78 is 10.5. The second-order valence-corrected chi connectivity index (χ2v) is 15.0. The first-order valence-corrected chi connectivity index (χ1v) is 18.4. The number of Topliss-reactive ketones (excluding diaryl/α,β-unsaturated/α-hetero) is 1. The molecule has 0 bridgehead atoms. The summed E-state index contributed by atoms with van der Waals surface area (Å²) >= 11 is 7.64. The normalized spacial score (nSPS) is 13.6. The number of carbonyl (C=O) groups is 2. The molecule has 1 amide bonds. The number of aromatic nitrogens is 4. The van der Waals surface area contributed by atoms with Gasteiger partial charge in [-0.15, -0.1) is 21.5 Å². The Labute approximate surface area is 282 Å². The van der Waals surface area contributed by atoms with E-state index in [1.54, 1.807) is 0 Å². The summed E-state index contributed by atoms with van der Waals surface area (Å²) in [6.07, 6.45) is 6.54. The number of ether oxygens (including phenoxy) is 1. The Hall–Kier alpha value is -3.19. The predicted octanol–water partition coefficient (Wildman–Crippen LogP) is 8.52. The van der Waals surface area contributed by atoms with Gasteiger partial charge in [-0.05, 0) is 66.8 Å². The highest BCUT2D eigenvalue weighted by molar-refractivity contribution is 9.10. The second kappa shape index (κ2) is 14.9. The van der Waals surface area contributed by atoms with Crippen LogP contribution in [0.4, 0.5) is 5.69 Å². The minimum absolute atomic E-state index is 0.0547. The van der Waals surface area contributed by atoms with Crippen LogP contribution in [0.5, 0.6) is 5.75 Å². The standard InChI is InChI=1S/C33H32BrN5O3S3/c1-39-30(18-42-26-14-9-22(10-15-26)21-5-3-2-4-6-21)37-38-32(39)43-20-31(41)35-25-13-16-27-29(17-25)45-33(36-27)44-19-28(40)23-7-11-24(34)12-8-23/h7-17,21H,2-6,18-20H2,1H3,(H,35,41). The highest BCUT2D eigenvalue weighted by Crippen LogP contribution is 2.34. The van der Waals surface area contributed by atoms with Crippen LogP contribution in [-0.4, -0.2) is 42.9 Å². The van der Waals surface area contributed by atoms with Crippen LogP contribution in [0.25, 0.3) is 10.2 Å². The lowest BCUT2D eigenvalue weighted by Crippen LogP contribution is -2.14. The zero-order valence-electron chi connectivity index (χ0n) is 24.7. The van der Waals surface area contributed by atoms with Gasteiger partial charge in [-0.3, -0.25) is 9.59 Å². The average molecular weight is 723 g/mol. The minimum Gasteiger partial charge on any atom is -0.486 e. The van der Waals surface area contributed by atoms with Crippen molar-refractivity contribution in [3.63, 3.8) is 0 Å². The van der Waals surface area contributed by atoms with Gasteiger partial charge in [0.1, 0.15) is 12.4 Å². The monoisotopic (exact) mass is 721 g/mol. The molecule has 1 saturated carbocycles. The molecule has 1 aliphatic carbocycles. The van der Waals surface area contributed by atoms with Crippen molar-refractivity contribution < 1.29 is 14.3 Å². The number of hydrogen-bond acceptors (Lipinski definition) is 9. The molecule has 232 valence electrons. The first kappa shape index (κ1) is 31.8. The maximum atomic E-state index is 12.8. The van der Waals surface area contributed by atoms with Gasteiger partial charge in [0, 0.05) is 22.8 Å². The van der Waals surface area contributed by atoms with Gasteiger partial charge in [0.15, 0.2) is 21.1 Å². The van der Waals surface area contributed by atoms with E-state index in [0.29, 0.717) is 40.5 Å². The third-order valence-corrected chi connectivity index (χ3v) is 11.4. The van der Waals surface area contributed by atoms with Crippen molar-refractivity contribution in [1.82, 2.24) is 19.7 Å². The van der Waals surface area contributed by atoms with E-state index in [9.17, 15) is 9.59 Å². The number of anilines is 1. The quantitative estimate of drug-likeness (QED) is 0.101. The van der Waals surface area contributed by atoms with Crippen molar-refractivity contribution >= 4 is 78.4 Å². The maximum absolute atomic E-state index is 12.8. The summed E-state index contributed by atoms with van der Waals surface area (Å²) in [5.74, 6) is 2.58. The molecule has 0 aliphatic heterocycles. The Bertz CT molecular complexity index is 1780. The molecular weight excluding hydrogens is 691 g/mol. The number of benzene rings is 3. The van der Waals surface area contributed by atoms with Gasteiger partial charge in [-0.25, -0.2) is 4.98 Å². The van der Waals surface area contributed by atoms with Gasteiger partial charge in [0.25, 0.3) is 0 Å². The molecule has 6 rings (SSSR count). The van der Waals surface area contributed by atoms with E-state index in [1.807, 2.05) is 66.2 Å². The predicted molar refractivity (Wildman–Crippen MR) is 186 cm³/mol. The number of nitrogens with zero attached hydrogens (tertiary/aromatic N) is 4. The molecule has 2 aromatic heterocycles. The summed E-state index contributed by atoms with van der Waals surface area (Å²) in [7, 11) is 1.88. The molecule has 2 heterocycles. The van der Waals surface area contributed by atoms with Crippen LogP contribution >= 0.6 is 50.8 Å². The molecule has 8 nitrogen and oxygen atoms in total. The topological polar surface area (TPSA) is 99.0 Å². The number of ketones is 1. The third kappa shape index (κ3) is 8.35. The van der Waals surface area contributed by atoms with Crippen LogP contribution in [0.15, 0.2) is 80.7 Å². The molecule has 0 saturated heterocycles. The van der Waals surface area contributed by atoms with E-state index in [-0.39, 0.29) is 17.4 Å². The van der Waals surface area contributed by atoms with E-state index in [0.717, 1.165) is 24.8 Å². The van der Waals surface area contributed by atoms with Crippen molar-refractivity contribution in [3.05, 3.63) is 88.2 Å². The fourth-order valence-corrected chi connectivity index (χ4v) is 8.23. The number of thioether (sulfide) groups is 2. The third-order valence-electron chi connectivity index (χ3n) is 7.73. The van der Waals surface area contributed by atoms with Gasteiger partial charge < -0.3 is 14.6 Å². The largest absolute Gasteiger partial charge is 0.486 e. The Morgan fingerprint density at radius 2 is 1.76 bits per heavy atom. The number of halogens is 1. The fraction of sp³-hybridized carbons (Fsp3) is 0.303. The van der Waals surface area contributed by atoms with Gasteiger partial charge >= 0.3 is 0 Å². The van der Waals surface area contributed by atoms with Gasteiger partial charge in [-0.1, -0.05) is 83.0 Å². The summed E-state index contributed by atoms with van der Waals surface area (Å²) in [6, 6.07) is 21.4. The summed E-state index contributed by atoms with van der Waals surface area (Å²) in [5, 5.41) is 12.1. The molecule has 3 aromatic carbocycles. The first-order chi connectivity index (χ1) is 21.9. The summed E-state index contributed by atoms with van der Waals surface area (Å²) in [5.41, 5.74) is 3.60. The van der Waals surface area contributed by atoms with Crippen LogP contribution in [0, 0.1) is 0 Å². The fourth-order valence-electron chi connectivity index (χ4n) is 5.23. The zero-order chi connectivity index (χ0) is 31.2. The van der Waals surface area contributed by atoms with E-state index >= 15 is 0 Å².